The number of carbonyl (C=O) groups is 2. The van der Waals surface area contributed by atoms with Crippen LogP contribution in [-0.4, -0.2) is 64.6 Å². The van der Waals surface area contributed by atoms with Gasteiger partial charge in [-0.2, -0.15) is 0 Å². The Morgan fingerprint density at radius 2 is 2.00 bits per heavy atom. The zero-order chi connectivity index (χ0) is 13.0. The Kier molecular flexibility index (Phi) is 3.81. The average Bonchev–Trinajstić information content (AvgIpc) is 2.92. The first-order valence-corrected chi connectivity index (χ1v) is 5.91. The van der Waals surface area contributed by atoms with Crippen molar-refractivity contribution < 1.29 is 14.3 Å². The van der Waals surface area contributed by atoms with E-state index in [1.54, 1.807) is 16.7 Å². The summed E-state index contributed by atoms with van der Waals surface area (Å²) < 4.78 is 4.92. The van der Waals surface area contributed by atoms with Crippen LogP contribution in [-0.2, 0) is 4.74 Å². The molecule has 1 saturated heterocycles. The Morgan fingerprint density at radius 3 is 2.56 bits per heavy atom. The van der Waals surface area contributed by atoms with Crippen LogP contribution >= 0.6 is 0 Å². The molecule has 1 fully saturated rings. The Morgan fingerprint density at radius 1 is 1.33 bits per heavy atom. The van der Waals surface area contributed by atoms with Crippen LogP contribution in [0.1, 0.15) is 17.4 Å². The van der Waals surface area contributed by atoms with Crippen LogP contribution < -0.4 is 0 Å². The van der Waals surface area contributed by atoms with Gasteiger partial charge < -0.3 is 19.5 Å². The number of rotatable bonds is 2. The van der Waals surface area contributed by atoms with Gasteiger partial charge in [-0.05, 0) is 6.92 Å². The van der Waals surface area contributed by atoms with Gasteiger partial charge in [-0.1, -0.05) is 0 Å². The number of nitrogens with zero attached hydrogens (tertiary/aromatic N) is 3. The SMILES string of the molecule is CCOC(=O)N1CCN(C(=O)c2cnc[nH]2)CC1. The van der Waals surface area contributed by atoms with E-state index >= 15 is 0 Å². The smallest absolute Gasteiger partial charge is 0.409 e. The number of carbonyl (C=O) groups excluding carboxylic acids is 2. The molecule has 0 aliphatic carbocycles. The number of imidazole rings is 1. The highest BCUT2D eigenvalue weighted by Gasteiger charge is 2.25. The van der Waals surface area contributed by atoms with E-state index in [1.807, 2.05) is 0 Å². The van der Waals surface area contributed by atoms with Gasteiger partial charge in [0.25, 0.3) is 5.91 Å². The molecular formula is C11H16N4O3. The summed E-state index contributed by atoms with van der Waals surface area (Å²) in [4.78, 5) is 33.4. The van der Waals surface area contributed by atoms with Gasteiger partial charge in [0.1, 0.15) is 5.69 Å². The van der Waals surface area contributed by atoms with Crippen molar-refractivity contribution in [3.8, 4) is 0 Å². The molecule has 0 atom stereocenters. The molecule has 1 N–H and O–H groups in total. The highest BCUT2D eigenvalue weighted by Crippen LogP contribution is 2.07. The van der Waals surface area contributed by atoms with Gasteiger partial charge in [0.05, 0.1) is 19.1 Å². The van der Waals surface area contributed by atoms with Gasteiger partial charge in [0, 0.05) is 26.2 Å². The highest BCUT2D eigenvalue weighted by molar-refractivity contribution is 5.92. The molecule has 1 aliphatic heterocycles. The summed E-state index contributed by atoms with van der Waals surface area (Å²) in [5.74, 6) is -0.0870. The van der Waals surface area contributed by atoms with E-state index in [9.17, 15) is 9.59 Å². The van der Waals surface area contributed by atoms with E-state index in [-0.39, 0.29) is 12.0 Å². The maximum Gasteiger partial charge on any atom is 0.409 e. The van der Waals surface area contributed by atoms with Crippen molar-refractivity contribution in [1.82, 2.24) is 19.8 Å². The predicted molar refractivity (Wildman–Crippen MR) is 63.1 cm³/mol. The Bertz CT molecular complexity index is 410. The average molecular weight is 252 g/mol. The number of H-pyrrole nitrogens is 1. The van der Waals surface area contributed by atoms with Crippen molar-refractivity contribution in [2.75, 3.05) is 32.8 Å². The van der Waals surface area contributed by atoms with Crippen molar-refractivity contribution in [1.29, 1.82) is 0 Å². The van der Waals surface area contributed by atoms with Crippen molar-refractivity contribution in [2.45, 2.75) is 6.92 Å². The molecule has 0 unspecified atom stereocenters. The minimum absolute atomic E-state index is 0.0870. The molecule has 1 aliphatic rings. The molecule has 0 aromatic carbocycles. The third kappa shape index (κ3) is 2.61. The summed E-state index contributed by atoms with van der Waals surface area (Å²) in [6, 6.07) is 0. The maximum absolute atomic E-state index is 12.0. The number of hydrogen-bond donors (Lipinski definition) is 1. The minimum Gasteiger partial charge on any atom is -0.450 e. The monoisotopic (exact) mass is 252 g/mol. The number of aromatic amines is 1. The third-order valence-electron chi connectivity index (χ3n) is 2.82. The molecule has 0 bridgehead atoms. The number of piperazine rings is 1. The number of hydrogen-bond acceptors (Lipinski definition) is 4. The molecule has 18 heavy (non-hydrogen) atoms. The first kappa shape index (κ1) is 12.4. The van der Waals surface area contributed by atoms with Crippen molar-refractivity contribution in [3.05, 3.63) is 18.2 Å². The Labute approximate surface area is 105 Å². The number of amides is 2. The molecule has 98 valence electrons. The first-order chi connectivity index (χ1) is 8.72. The maximum atomic E-state index is 12.0. The Balaban J connectivity index is 1.87. The number of nitrogens with one attached hydrogen (secondary N) is 1. The second-order valence-electron chi connectivity index (χ2n) is 3.94. The summed E-state index contributed by atoms with van der Waals surface area (Å²) in [6.07, 6.45) is 2.66. The topological polar surface area (TPSA) is 78.5 Å². The van der Waals surface area contributed by atoms with Crippen LogP contribution in [0.2, 0.25) is 0 Å². The zero-order valence-electron chi connectivity index (χ0n) is 10.3. The lowest BCUT2D eigenvalue weighted by Gasteiger charge is -2.33. The molecule has 0 saturated carbocycles. The normalized spacial score (nSPS) is 15.6. The summed E-state index contributed by atoms with van der Waals surface area (Å²) in [5.41, 5.74) is 0.472. The van der Waals surface area contributed by atoms with Gasteiger partial charge >= 0.3 is 6.09 Å². The van der Waals surface area contributed by atoms with E-state index in [4.69, 9.17) is 4.74 Å². The number of ether oxygens (including phenoxy) is 1. The largest absolute Gasteiger partial charge is 0.450 e. The van der Waals surface area contributed by atoms with Crippen LogP contribution in [0, 0.1) is 0 Å². The standard InChI is InChI=1S/C11H16N4O3/c1-2-18-11(17)15-5-3-14(4-6-15)10(16)9-7-12-8-13-9/h7-8H,2-6H2,1H3,(H,12,13). The summed E-state index contributed by atoms with van der Waals surface area (Å²) in [6.45, 7) is 4.16. The second-order valence-corrected chi connectivity index (χ2v) is 3.94. The Hall–Kier alpha value is -2.05. The van der Waals surface area contributed by atoms with Crippen molar-refractivity contribution >= 4 is 12.0 Å². The predicted octanol–water partition coefficient (Wildman–Crippen LogP) is 0.324. The van der Waals surface area contributed by atoms with Gasteiger partial charge in [-0.15, -0.1) is 0 Å². The van der Waals surface area contributed by atoms with E-state index < -0.39 is 0 Å². The lowest BCUT2D eigenvalue weighted by Crippen LogP contribution is -2.50. The van der Waals surface area contributed by atoms with Gasteiger partial charge in [-0.25, -0.2) is 9.78 Å². The van der Waals surface area contributed by atoms with Gasteiger partial charge in [-0.3, -0.25) is 4.79 Å². The van der Waals surface area contributed by atoms with Crippen molar-refractivity contribution in [3.63, 3.8) is 0 Å². The molecule has 0 spiro atoms. The minimum atomic E-state index is -0.314. The molecular weight excluding hydrogens is 236 g/mol. The molecule has 2 rings (SSSR count). The highest BCUT2D eigenvalue weighted by atomic mass is 16.6. The second kappa shape index (κ2) is 5.52. The van der Waals surface area contributed by atoms with E-state index in [1.165, 1.54) is 12.5 Å². The van der Waals surface area contributed by atoms with Crippen LogP contribution in [0.5, 0.6) is 0 Å². The molecule has 2 amide bonds. The van der Waals surface area contributed by atoms with E-state index in [2.05, 4.69) is 9.97 Å². The van der Waals surface area contributed by atoms with Gasteiger partial charge in [0.2, 0.25) is 0 Å². The van der Waals surface area contributed by atoms with Crippen LogP contribution in [0.15, 0.2) is 12.5 Å². The fraction of sp³-hybridized carbons (Fsp3) is 0.545. The fourth-order valence-electron chi connectivity index (χ4n) is 1.85. The number of aromatic nitrogens is 2. The lowest BCUT2D eigenvalue weighted by molar-refractivity contribution is 0.0566. The molecule has 7 nitrogen and oxygen atoms in total. The fourth-order valence-corrected chi connectivity index (χ4v) is 1.85. The summed E-state index contributed by atoms with van der Waals surface area (Å²) >= 11 is 0. The lowest BCUT2D eigenvalue weighted by atomic mass is 10.3. The summed E-state index contributed by atoms with van der Waals surface area (Å²) in [7, 11) is 0. The molecule has 1 aromatic heterocycles. The molecule has 2 heterocycles. The van der Waals surface area contributed by atoms with E-state index in [0.717, 1.165) is 0 Å². The first-order valence-electron chi connectivity index (χ1n) is 5.91. The van der Waals surface area contributed by atoms with Gasteiger partial charge in [0.15, 0.2) is 0 Å². The molecule has 7 heteroatoms. The molecule has 1 aromatic rings. The van der Waals surface area contributed by atoms with Crippen LogP contribution in [0.25, 0.3) is 0 Å². The van der Waals surface area contributed by atoms with Crippen LogP contribution in [0.4, 0.5) is 4.79 Å². The van der Waals surface area contributed by atoms with Crippen LogP contribution in [0.3, 0.4) is 0 Å². The quantitative estimate of drug-likeness (QED) is 0.822. The van der Waals surface area contributed by atoms with Crippen molar-refractivity contribution in [2.24, 2.45) is 0 Å². The third-order valence-corrected chi connectivity index (χ3v) is 2.82. The molecule has 0 radical (unpaired) electrons. The van der Waals surface area contributed by atoms with E-state index in [0.29, 0.717) is 38.5 Å². The summed E-state index contributed by atoms with van der Waals surface area (Å²) in [5, 5.41) is 0. The zero-order valence-corrected chi connectivity index (χ0v) is 10.3.